The highest BCUT2D eigenvalue weighted by Gasteiger charge is 2.18. The monoisotopic (exact) mass is 235 g/mol. The average molecular weight is 235 g/mol. The highest BCUT2D eigenvalue weighted by molar-refractivity contribution is 5.76. The van der Waals surface area contributed by atoms with E-state index < -0.39 is 29.0 Å². The maximum Gasteiger partial charge on any atom is 0.185 e. The van der Waals surface area contributed by atoms with Crippen LogP contribution < -0.4 is 5.32 Å². The number of nitrogens with one attached hydrogen (secondary N) is 1. The minimum absolute atomic E-state index is 0.0109. The minimum atomic E-state index is -1.50. The lowest BCUT2D eigenvalue weighted by atomic mass is 10.2. The van der Waals surface area contributed by atoms with Crippen LogP contribution in [0.25, 0.3) is 0 Å². The molecule has 0 fully saturated rings. The first kappa shape index (κ1) is 12.5. The number of carbonyl (C=O) groups is 1. The van der Waals surface area contributed by atoms with Gasteiger partial charge in [0.1, 0.15) is 11.5 Å². The van der Waals surface area contributed by atoms with Gasteiger partial charge in [-0.2, -0.15) is 0 Å². The molecule has 1 rings (SSSR count). The lowest BCUT2D eigenvalue weighted by molar-refractivity contribution is -0.116. The molecule has 2 nitrogen and oxygen atoms in total. The minimum Gasteiger partial charge on any atom is -0.380 e. The van der Waals surface area contributed by atoms with Gasteiger partial charge in [0.2, 0.25) is 0 Å². The fraction of sp³-hybridized carbons (Fsp3) is 0.300. The summed E-state index contributed by atoms with van der Waals surface area (Å²) in [5, 5.41) is 2.14. The van der Waals surface area contributed by atoms with Crippen LogP contribution in [0.3, 0.4) is 0 Å². The molecule has 6 heteroatoms. The van der Waals surface area contributed by atoms with Crippen molar-refractivity contribution in [3.05, 3.63) is 29.3 Å². The second-order valence-electron chi connectivity index (χ2n) is 3.22. The summed E-state index contributed by atoms with van der Waals surface area (Å²) in [5.41, 5.74) is -0.890. The summed E-state index contributed by atoms with van der Waals surface area (Å²) >= 11 is 0. The third kappa shape index (κ3) is 2.71. The molecule has 1 aromatic carbocycles. The molecule has 0 saturated heterocycles. The van der Waals surface area contributed by atoms with Crippen molar-refractivity contribution in [3.63, 3.8) is 0 Å². The molecule has 0 radical (unpaired) electrons. The lowest BCUT2D eigenvalue weighted by Crippen LogP contribution is -2.10. The summed E-state index contributed by atoms with van der Waals surface area (Å²) in [7, 11) is 0. The summed E-state index contributed by atoms with van der Waals surface area (Å²) in [4.78, 5) is 10.6. The molecule has 0 saturated carbocycles. The smallest absolute Gasteiger partial charge is 0.185 e. The van der Waals surface area contributed by atoms with Crippen LogP contribution in [0.5, 0.6) is 0 Å². The van der Waals surface area contributed by atoms with Crippen LogP contribution in [0.2, 0.25) is 0 Å². The third-order valence-corrected chi connectivity index (χ3v) is 1.89. The first-order valence-electron chi connectivity index (χ1n) is 4.49. The second kappa shape index (κ2) is 4.96. The van der Waals surface area contributed by atoms with Crippen LogP contribution >= 0.6 is 0 Å². The Hall–Kier alpha value is -1.59. The Morgan fingerprint density at radius 3 is 2.12 bits per heavy atom. The molecule has 0 heterocycles. The van der Waals surface area contributed by atoms with Gasteiger partial charge in [0.25, 0.3) is 0 Å². The Bertz CT molecular complexity index is 394. The van der Waals surface area contributed by atoms with E-state index in [1.807, 2.05) is 0 Å². The van der Waals surface area contributed by atoms with E-state index >= 15 is 0 Å². The summed E-state index contributed by atoms with van der Waals surface area (Å²) in [6.07, 6.45) is 0.0109. The number of hydrogen-bond acceptors (Lipinski definition) is 2. The first-order chi connectivity index (χ1) is 7.43. The number of hydrogen-bond donors (Lipinski definition) is 1. The van der Waals surface area contributed by atoms with Gasteiger partial charge in [0.15, 0.2) is 23.3 Å². The van der Waals surface area contributed by atoms with Gasteiger partial charge in [-0.25, -0.2) is 17.6 Å². The van der Waals surface area contributed by atoms with E-state index in [2.05, 4.69) is 5.32 Å². The summed E-state index contributed by atoms with van der Waals surface area (Å²) in [6.45, 7) is 1.20. The highest BCUT2D eigenvalue weighted by atomic mass is 19.2. The Kier molecular flexibility index (Phi) is 3.87. The molecule has 1 aromatic rings. The van der Waals surface area contributed by atoms with E-state index in [-0.39, 0.29) is 24.8 Å². The Balaban J connectivity index is 2.90. The van der Waals surface area contributed by atoms with E-state index in [9.17, 15) is 22.4 Å². The fourth-order valence-corrected chi connectivity index (χ4v) is 1.09. The lowest BCUT2D eigenvalue weighted by Gasteiger charge is -2.08. The molecule has 0 unspecified atom stereocenters. The summed E-state index contributed by atoms with van der Waals surface area (Å²) in [5.74, 6) is -6.16. The van der Waals surface area contributed by atoms with Crippen molar-refractivity contribution in [2.45, 2.75) is 13.3 Å². The zero-order valence-electron chi connectivity index (χ0n) is 8.41. The number of halogens is 4. The summed E-state index contributed by atoms with van der Waals surface area (Å²) < 4.78 is 51.5. The second-order valence-corrected chi connectivity index (χ2v) is 3.22. The fourth-order valence-electron chi connectivity index (χ4n) is 1.09. The quantitative estimate of drug-likeness (QED) is 0.642. The summed E-state index contributed by atoms with van der Waals surface area (Å²) in [6, 6.07) is 0.126. The molecule has 0 bridgehead atoms. The van der Waals surface area contributed by atoms with E-state index in [1.165, 1.54) is 6.92 Å². The molecule has 16 heavy (non-hydrogen) atoms. The number of carbonyl (C=O) groups excluding carboxylic acids is 1. The molecular formula is C10H9F4NO. The molecule has 0 spiro atoms. The predicted octanol–water partition coefficient (Wildman–Crippen LogP) is 2.63. The van der Waals surface area contributed by atoms with Gasteiger partial charge in [-0.15, -0.1) is 0 Å². The van der Waals surface area contributed by atoms with Gasteiger partial charge >= 0.3 is 0 Å². The molecule has 0 aliphatic rings. The largest absolute Gasteiger partial charge is 0.380 e. The predicted molar refractivity (Wildman–Crippen MR) is 50.1 cm³/mol. The molecule has 0 atom stereocenters. The first-order valence-corrected chi connectivity index (χ1v) is 4.49. The van der Waals surface area contributed by atoms with E-state index in [1.54, 1.807) is 0 Å². The Morgan fingerprint density at radius 2 is 1.69 bits per heavy atom. The number of anilines is 1. The van der Waals surface area contributed by atoms with Crippen LogP contribution in [0, 0.1) is 23.3 Å². The van der Waals surface area contributed by atoms with Crippen molar-refractivity contribution in [2.75, 3.05) is 11.9 Å². The zero-order chi connectivity index (χ0) is 12.3. The van der Waals surface area contributed by atoms with Crippen molar-refractivity contribution in [2.24, 2.45) is 0 Å². The SMILES string of the molecule is CC(=O)CCNc1c(F)c(F)cc(F)c1F. The van der Waals surface area contributed by atoms with Crippen LogP contribution in [-0.4, -0.2) is 12.3 Å². The molecule has 0 aromatic heterocycles. The molecule has 88 valence electrons. The number of ketones is 1. The van der Waals surface area contributed by atoms with E-state index in [4.69, 9.17) is 0 Å². The maximum atomic E-state index is 13.0. The number of rotatable bonds is 4. The molecule has 0 aliphatic carbocycles. The van der Waals surface area contributed by atoms with Gasteiger partial charge in [-0.3, -0.25) is 4.79 Å². The highest BCUT2D eigenvalue weighted by Crippen LogP contribution is 2.23. The van der Waals surface area contributed by atoms with Crippen molar-refractivity contribution in [3.8, 4) is 0 Å². The molecule has 0 amide bonds. The normalized spacial score (nSPS) is 10.3. The topological polar surface area (TPSA) is 29.1 Å². The molecular weight excluding hydrogens is 226 g/mol. The standard InChI is InChI=1S/C10H9F4NO/c1-5(16)2-3-15-10-8(13)6(11)4-7(12)9(10)14/h4,15H,2-3H2,1H3. The van der Waals surface area contributed by atoms with Gasteiger partial charge in [0.05, 0.1) is 0 Å². The van der Waals surface area contributed by atoms with Crippen LogP contribution in [0.4, 0.5) is 23.2 Å². The van der Waals surface area contributed by atoms with E-state index in [0.717, 1.165) is 0 Å². The van der Waals surface area contributed by atoms with Gasteiger partial charge in [-0.05, 0) is 6.92 Å². The molecule has 0 aliphatic heterocycles. The number of Topliss-reactive ketones (excluding diaryl/α,β-unsaturated/α-hetero) is 1. The van der Waals surface area contributed by atoms with Crippen LogP contribution in [0.15, 0.2) is 6.07 Å². The molecule has 1 N–H and O–H groups in total. The van der Waals surface area contributed by atoms with Crippen LogP contribution in [-0.2, 0) is 4.79 Å². The van der Waals surface area contributed by atoms with Crippen LogP contribution in [0.1, 0.15) is 13.3 Å². The number of benzene rings is 1. The van der Waals surface area contributed by atoms with E-state index in [0.29, 0.717) is 0 Å². The van der Waals surface area contributed by atoms with Crippen molar-refractivity contribution in [1.29, 1.82) is 0 Å². The van der Waals surface area contributed by atoms with Crippen molar-refractivity contribution in [1.82, 2.24) is 0 Å². The van der Waals surface area contributed by atoms with Crippen molar-refractivity contribution < 1.29 is 22.4 Å². The Labute approximate surface area is 89.3 Å². The average Bonchev–Trinajstić information content (AvgIpc) is 2.20. The van der Waals surface area contributed by atoms with Gasteiger partial charge in [-0.1, -0.05) is 0 Å². The maximum absolute atomic E-state index is 13.0. The third-order valence-electron chi connectivity index (χ3n) is 1.89. The van der Waals surface area contributed by atoms with Crippen molar-refractivity contribution >= 4 is 11.5 Å². The van der Waals surface area contributed by atoms with Gasteiger partial charge < -0.3 is 5.32 Å². The Morgan fingerprint density at radius 1 is 1.19 bits per heavy atom. The zero-order valence-corrected chi connectivity index (χ0v) is 8.41. The van der Waals surface area contributed by atoms with Gasteiger partial charge in [0, 0.05) is 19.0 Å².